The summed E-state index contributed by atoms with van der Waals surface area (Å²) in [5.41, 5.74) is 3.71. The first-order valence-corrected chi connectivity index (χ1v) is 8.04. The van der Waals surface area contributed by atoms with Crippen LogP contribution in [0.1, 0.15) is 0 Å². The standard InChI is InChI=1S/C18H16N2O2S/c1-22-11-17(21)19-15-9-5-8-14(10-15)16-12-23-18(20-16)13-6-3-2-4-7-13/h2-10,12H,11H2,1H3,(H,19,21). The second kappa shape index (κ2) is 7.17. The maximum atomic E-state index is 11.6. The molecule has 1 aromatic heterocycles. The lowest BCUT2D eigenvalue weighted by Crippen LogP contribution is -2.16. The van der Waals surface area contributed by atoms with Crippen molar-refractivity contribution in [1.82, 2.24) is 4.98 Å². The van der Waals surface area contributed by atoms with Crippen molar-refractivity contribution in [1.29, 1.82) is 0 Å². The Morgan fingerprint density at radius 2 is 1.91 bits per heavy atom. The molecule has 1 heterocycles. The van der Waals surface area contributed by atoms with Crippen molar-refractivity contribution in [3.63, 3.8) is 0 Å². The number of carbonyl (C=O) groups is 1. The molecule has 5 heteroatoms. The largest absolute Gasteiger partial charge is 0.375 e. The number of aromatic nitrogens is 1. The van der Waals surface area contributed by atoms with E-state index < -0.39 is 0 Å². The number of hydrogen-bond donors (Lipinski definition) is 1. The van der Waals surface area contributed by atoms with E-state index in [-0.39, 0.29) is 12.5 Å². The molecule has 0 atom stereocenters. The van der Waals surface area contributed by atoms with Crippen LogP contribution in [0.5, 0.6) is 0 Å². The number of carbonyl (C=O) groups excluding carboxylic acids is 1. The molecule has 2 aromatic carbocycles. The highest BCUT2D eigenvalue weighted by molar-refractivity contribution is 7.13. The first-order chi connectivity index (χ1) is 11.3. The van der Waals surface area contributed by atoms with Gasteiger partial charge in [-0.05, 0) is 12.1 Å². The minimum Gasteiger partial charge on any atom is -0.375 e. The summed E-state index contributed by atoms with van der Waals surface area (Å²) in [5, 5.41) is 5.81. The number of nitrogens with zero attached hydrogens (tertiary/aromatic N) is 1. The van der Waals surface area contributed by atoms with Gasteiger partial charge in [0, 0.05) is 29.3 Å². The number of amides is 1. The average molecular weight is 324 g/mol. The number of rotatable bonds is 5. The third-order valence-electron chi connectivity index (χ3n) is 3.24. The van der Waals surface area contributed by atoms with Crippen LogP contribution >= 0.6 is 11.3 Å². The summed E-state index contributed by atoms with van der Waals surface area (Å²) in [5.74, 6) is -0.173. The van der Waals surface area contributed by atoms with Crippen molar-refractivity contribution in [2.24, 2.45) is 0 Å². The van der Waals surface area contributed by atoms with E-state index in [1.165, 1.54) is 7.11 Å². The van der Waals surface area contributed by atoms with E-state index in [1.807, 2.05) is 60.0 Å². The molecule has 0 bridgehead atoms. The van der Waals surface area contributed by atoms with E-state index in [2.05, 4.69) is 10.3 Å². The first-order valence-electron chi connectivity index (χ1n) is 7.16. The highest BCUT2D eigenvalue weighted by Crippen LogP contribution is 2.29. The van der Waals surface area contributed by atoms with Crippen LogP contribution in [0.15, 0.2) is 60.0 Å². The summed E-state index contributed by atoms with van der Waals surface area (Å²) >= 11 is 1.61. The SMILES string of the molecule is COCC(=O)Nc1cccc(-c2csc(-c3ccccc3)n2)c1. The molecule has 0 spiro atoms. The van der Waals surface area contributed by atoms with Crippen molar-refractivity contribution < 1.29 is 9.53 Å². The van der Waals surface area contributed by atoms with E-state index in [1.54, 1.807) is 11.3 Å². The molecule has 0 aliphatic heterocycles. The predicted octanol–water partition coefficient (Wildman–Crippen LogP) is 4.06. The molecule has 1 amide bonds. The Kier molecular flexibility index (Phi) is 4.80. The van der Waals surface area contributed by atoms with Crippen LogP contribution in [-0.4, -0.2) is 24.6 Å². The Morgan fingerprint density at radius 3 is 2.70 bits per heavy atom. The summed E-state index contributed by atoms with van der Waals surface area (Å²) in [6, 6.07) is 17.7. The number of anilines is 1. The monoisotopic (exact) mass is 324 g/mol. The van der Waals surface area contributed by atoms with Gasteiger partial charge in [-0.1, -0.05) is 42.5 Å². The molecule has 3 rings (SSSR count). The van der Waals surface area contributed by atoms with Gasteiger partial charge in [0.1, 0.15) is 11.6 Å². The average Bonchev–Trinajstić information content (AvgIpc) is 3.06. The molecule has 0 aliphatic carbocycles. The molecule has 23 heavy (non-hydrogen) atoms. The third-order valence-corrected chi connectivity index (χ3v) is 4.13. The van der Waals surface area contributed by atoms with Gasteiger partial charge in [-0.3, -0.25) is 4.79 Å². The van der Waals surface area contributed by atoms with Crippen molar-refractivity contribution >= 4 is 22.9 Å². The smallest absolute Gasteiger partial charge is 0.250 e. The van der Waals surface area contributed by atoms with Gasteiger partial charge in [0.05, 0.1) is 5.69 Å². The maximum Gasteiger partial charge on any atom is 0.250 e. The Labute approximate surface area is 138 Å². The first kappa shape index (κ1) is 15.4. The van der Waals surface area contributed by atoms with Crippen molar-refractivity contribution in [3.05, 3.63) is 60.0 Å². The van der Waals surface area contributed by atoms with Crippen LogP contribution in [0.25, 0.3) is 21.8 Å². The second-order valence-corrected chi connectivity index (χ2v) is 5.82. The fourth-order valence-corrected chi connectivity index (χ4v) is 3.04. The molecule has 0 unspecified atom stereocenters. The Morgan fingerprint density at radius 1 is 1.13 bits per heavy atom. The minimum atomic E-state index is -0.173. The summed E-state index contributed by atoms with van der Waals surface area (Å²) in [6.07, 6.45) is 0. The van der Waals surface area contributed by atoms with Crippen LogP contribution in [0, 0.1) is 0 Å². The summed E-state index contributed by atoms with van der Waals surface area (Å²) in [6.45, 7) is 0.0408. The summed E-state index contributed by atoms with van der Waals surface area (Å²) in [4.78, 5) is 16.3. The molecule has 116 valence electrons. The van der Waals surface area contributed by atoms with Crippen LogP contribution in [-0.2, 0) is 9.53 Å². The molecular formula is C18H16N2O2S. The van der Waals surface area contributed by atoms with Crippen molar-refractivity contribution in [2.45, 2.75) is 0 Å². The molecular weight excluding hydrogens is 308 g/mol. The lowest BCUT2D eigenvalue weighted by molar-refractivity contribution is -0.119. The predicted molar refractivity (Wildman–Crippen MR) is 93.5 cm³/mol. The quantitative estimate of drug-likeness (QED) is 0.770. The molecule has 4 nitrogen and oxygen atoms in total. The summed E-state index contributed by atoms with van der Waals surface area (Å²) in [7, 11) is 1.50. The maximum absolute atomic E-state index is 11.6. The number of methoxy groups -OCH3 is 1. The lowest BCUT2D eigenvalue weighted by atomic mass is 10.1. The van der Waals surface area contributed by atoms with E-state index in [0.29, 0.717) is 0 Å². The zero-order valence-corrected chi connectivity index (χ0v) is 13.5. The highest BCUT2D eigenvalue weighted by atomic mass is 32.1. The number of nitrogens with one attached hydrogen (secondary N) is 1. The van der Waals surface area contributed by atoms with Gasteiger partial charge in [-0.25, -0.2) is 4.98 Å². The highest BCUT2D eigenvalue weighted by Gasteiger charge is 2.08. The van der Waals surface area contributed by atoms with Crippen molar-refractivity contribution in [2.75, 3.05) is 19.0 Å². The number of benzene rings is 2. The fraction of sp³-hybridized carbons (Fsp3) is 0.111. The Balaban J connectivity index is 1.82. The third kappa shape index (κ3) is 3.83. The molecule has 0 fully saturated rings. The van der Waals surface area contributed by atoms with Gasteiger partial charge in [0.25, 0.3) is 0 Å². The molecule has 0 saturated heterocycles. The number of hydrogen-bond acceptors (Lipinski definition) is 4. The molecule has 0 aliphatic rings. The van der Waals surface area contributed by atoms with Crippen LogP contribution in [0.4, 0.5) is 5.69 Å². The Bertz CT molecular complexity index is 800. The fourth-order valence-electron chi connectivity index (χ4n) is 2.20. The molecule has 3 aromatic rings. The van der Waals surface area contributed by atoms with E-state index in [9.17, 15) is 4.79 Å². The number of thiazole rings is 1. The minimum absolute atomic E-state index is 0.0408. The van der Waals surface area contributed by atoms with E-state index >= 15 is 0 Å². The Hall–Kier alpha value is -2.50. The summed E-state index contributed by atoms with van der Waals surface area (Å²) < 4.78 is 4.82. The van der Waals surface area contributed by atoms with Crippen LogP contribution < -0.4 is 5.32 Å². The zero-order chi connectivity index (χ0) is 16.1. The lowest BCUT2D eigenvalue weighted by Gasteiger charge is -2.05. The topological polar surface area (TPSA) is 51.2 Å². The van der Waals surface area contributed by atoms with E-state index in [0.717, 1.165) is 27.5 Å². The van der Waals surface area contributed by atoms with Gasteiger partial charge in [0.2, 0.25) is 5.91 Å². The van der Waals surface area contributed by atoms with Crippen LogP contribution in [0.2, 0.25) is 0 Å². The van der Waals surface area contributed by atoms with Crippen molar-refractivity contribution in [3.8, 4) is 21.8 Å². The van der Waals surface area contributed by atoms with Gasteiger partial charge in [-0.2, -0.15) is 0 Å². The molecule has 1 N–H and O–H groups in total. The number of ether oxygens (including phenoxy) is 1. The van der Waals surface area contributed by atoms with E-state index in [4.69, 9.17) is 4.74 Å². The van der Waals surface area contributed by atoms with Gasteiger partial charge in [0.15, 0.2) is 0 Å². The molecule has 0 radical (unpaired) electrons. The second-order valence-electron chi connectivity index (χ2n) is 4.97. The zero-order valence-electron chi connectivity index (χ0n) is 12.7. The van der Waals surface area contributed by atoms with Gasteiger partial charge >= 0.3 is 0 Å². The van der Waals surface area contributed by atoms with Gasteiger partial charge in [-0.15, -0.1) is 11.3 Å². The normalized spacial score (nSPS) is 10.5. The molecule has 0 saturated carbocycles. The van der Waals surface area contributed by atoms with Gasteiger partial charge < -0.3 is 10.1 Å². The van der Waals surface area contributed by atoms with Crippen LogP contribution in [0.3, 0.4) is 0 Å².